The van der Waals surface area contributed by atoms with Gasteiger partial charge in [-0.1, -0.05) is 45.1 Å². The van der Waals surface area contributed by atoms with Crippen molar-refractivity contribution >= 4 is 11.3 Å². The monoisotopic (exact) mass is 240 g/mol. The first-order valence-corrected chi connectivity index (χ1v) is 7.41. The smallest absolute Gasteiger partial charge is 0.0543 e. The van der Waals surface area contributed by atoms with Crippen LogP contribution >= 0.6 is 11.3 Å². The molecule has 1 heterocycles. The lowest BCUT2D eigenvalue weighted by atomic mass is 10.0. The van der Waals surface area contributed by atoms with E-state index in [9.17, 15) is 5.11 Å². The summed E-state index contributed by atoms with van der Waals surface area (Å²) in [5.41, 5.74) is 0. The van der Waals surface area contributed by atoms with Gasteiger partial charge in [0.05, 0.1) is 6.10 Å². The number of aryl methyl sites for hydroxylation is 1. The molecule has 16 heavy (non-hydrogen) atoms. The van der Waals surface area contributed by atoms with Crippen molar-refractivity contribution in [1.82, 2.24) is 0 Å². The Morgan fingerprint density at radius 3 is 2.69 bits per heavy atom. The Labute approximate surface area is 104 Å². The van der Waals surface area contributed by atoms with Gasteiger partial charge in [-0.05, 0) is 30.7 Å². The van der Waals surface area contributed by atoms with Crippen molar-refractivity contribution < 1.29 is 5.11 Å². The molecule has 2 heteroatoms. The summed E-state index contributed by atoms with van der Waals surface area (Å²) in [7, 11) is 0. The van der Waals surface area contributed by atoms with Crippen molar-refractivity contribution in [2.45, 2.75) is 64.4 Å². The van der Waals surface area contributed by atoms with Gasteiger partial charge in [0, 0.05) is 4.88 Å². The van der Waals surface area contributed by atoms with Gasteiger partial charge in [0.1, 0.15) is 0 Å². The Kier molecular flexibility index (Phi) is 7.52. The molecule has 0 fully saturated rings. The molecule has 1 nitrogen and oxygen atoms in total. The maximum atomic E-state index is 9.81. The normalized spacial score (nSPS) is 12.9. The molecule has 1 aromatic heterocycles. The van der Waals surface area contributed by atoms with Gasteiger partial charge in [0.25, 0.3) is 0 Å². The largest absolute Gasteiger partial charge is 0.393 e. The average molecular weight is 240 g/mol. The lowest BCUT2D eigenvalue weighted by Crippen LogP contribution is -2.07. The molecule has 0 aliphatic carbocycles. The van der Waals surface area contributed by atoms with Crippen molar-refractivity contribution in [1.29, 1.82) is 0 Å². The summed E-state index contributed by atoms with van der Waals surface area (Å²) in [5, 5.41) is 11.9. The van der Waals surface area contributed by atoms with Gasteiger partial charge in [-0.25, -0.2) is 0 Å². The maximum Gasteiger partial charge on any atom is 0.0543 e. The van der Waals surface area contributed by atoms with E-state index < -0.39 is 0 Å². The Balaban J connectivity index is 1.96. The quantitative estimate of drug-likeness (QED) is 0.634. The van der Waals surface area contributed by atoms with Gasteiger partial charge >= 0.3 is 0 Å². The molecule has 0 aliphatic heterocycles. The Hall–Kier alpha value is -0.340. The Morgan fingerprint density at radius 2 is 2.00 bits per heavy atom. The van der Waals surface area contributed by atoms with Gasteiger partial charge < -0.3 is 5.11 Å². The zero-order valence-corrected chi connectivity index (χ0v) is 11.1. The summed E-state index contributed by atoms with van der Waals surface area (Å²) in [4.78, 5) is 1.39. The van der Waals surface area contributed by atoms with Crippen LogP contribution in [0.4, 0.5) is 0 Å². The predicted octanol–water partition coefficient (Wildman–Crippen LogP) is 4.40. The highest BCUT2D eigenvalue weighted by atomic mass is 32.1. The van der Waals surface area contributed by atoms with Gasteiger partial charge in [-0.15, -0.1) is 11.3 Å². The molecule has 0 bridgehead atoms. The van der Waals surface area contributed by atoms with Crippen molar-refractivity contribution in [3.05, 3.63) is 22.4 Å². The topological polar surface area (TPSA) is 20.2 Å². The molecule has 0 amide bonds. The molecule has 0 saturated carbocycles. The first kappa shape index (κ1) is 13.7. The fraction of sp³-hybridized carbons (Fsp3) is 0.714. The third-order valence-corrected chi connectivity index (χ3v) is 3.88. The molecule has 92 valence electrons. The van der Waals surface area contributed by atoms with Gasteiger partial charge in [0.15, 0.2) is 0 Å². The molecule has 1 rings (SSSR count). The second-order valence-electron chi connectivity index (χ2n) is 4.47. The van der Waals surface area contributed by atoms with Crippen LogP contribution in [-0.2, 0) is 6.42 Å². The molecule has 0 saturated heterocycles. The molecule has 1 unspecified atom stereocenters. The fourth-order valence-electron chi connectivity index (χ4n) is 1.89. The molecule has 0 aromatic carbocycles. The summed E-state index contributed by atoms with van der Waals surface area (Å²) in [6.45, 7) is 2.23. The van der Waals surface area contributed by atoms with E-state index in [0.717, 1.165) is 19.3 Å². The van der Waals surface area contributed by atoms with E-state index in [1.807, 2.05) is 0 Å². The van der Waals surface area contributed by atoms with Crippen LogP contribution in [0.15, 0.2) is 17.5 Å². The minimum absolute atomic E-state index is 0.0938. The van der Waals surface area contributed by atoms with Crippen molar-refractivity contribution in [3.8, 4) is 0 Å². The summed E-state index contributed by atoms with van der Waals surface area (Å²) in [6.07, 6.45) is 9.27. The first-order chi connectivity index (χ1) is 7.83. The van der Waals surface area contributed by atoms with E-state index in [1.165, 1.54) is 37.0 Å². The second kappa shape index (κ2) is 8.77. The zero-order valence-electron chi connectivity index (χ0n) is 10.3. The number of thiophene rings is 1. The molecular formula is C14H24OS. The molecular weight excluding hydrogens is 216 g/mol. The van der Waals surface area contributed by atoms with E-state index in [2.05, 4.69) is 24.4 Å². The van der Waals surface area contributed by atoms with Crippen LogP contribution in [0.1, 0.15) is 56.7 Å². The van der Waals surface area contributed by atoms with E-state index in [4.69, 9.17) is 0 Å². The van der Waals surface area contributed by atoms with E-state index in [0.29, 0.717) is 0 Å². The minimum atomic E-state index is -0.0938. The zero-order chi connectivity index (χ0) is 11.6. The van der Waals surface area contributed by atoms with Crippen molar-refractivity contribution in [2.24, 2.45) is 0 Å². The number of hydrogen-bond donors (Lipinski definition) is 1. The number of aliphatic hydroxyl groups excluding tert-OH is 1. The number of unbranched alkanes of at least 4 members (excludes halogenated alkanes) is 4. The van der Waals surface area contributed by atoms with Crippen LogP contribution in [0.2, 0.25) is 0 Å². The van der Waals surface area contributed by atoms with Crippen LogP contribution in [0.3, 0.4) is 0 Å². The molecule has 0 aliphatic rings. The Bertz CT molecular complexity index is 243. The van der Waals surface area contributed by atoms with E-state index in [1.54, 1.807) is 11.3 Å². The highest BCUT2D eigenvalue weighted by Crippen LogP contribution is 2.15. The van der Waals surface area contributed by atoms with Gasteiger partial charge in [0.2, 0.25) is 0 Å². The van der Waals surface area contributed by atoms with Crippen LogP contribution in [0.25, 0.3) is 0 Å². The summed E-state index contributed by atoms with van der Waals surface area (Å²) in [6, 6.07) is 4.23. The van der Waals surface area contributed by atoms with Gasteiger partial charge in [-0.2, -0.15) is 0 Å². The minimum Gasteiger partial charge on any atom is -0.393 e. The highest BCUT2D eigenvalue weighted by molar-refractivity contribution is 7.09. The molecule has 0 radical (unpaired) electrons. The lowest BCUT2D eigenvalue weighted by molar-refractivity contribution is 0.151. The maximum absolute atomic E-state index is 9.81. The summed E-state index contributed by atoms with van der Waals surface area (Å²) >= 11 is 1.79. The van der Waals surface area contributed by atoms with Gasteiger partial charge in [-0.3, -0.25) is 0 Å². The lowest BCUT2D eigenvalue weighted by Gasteiger charge is -2.09. The van der Waals surface area contributed by atoms with Crippen LogP contribution in [-0.4, -0.2) is 11.2 Å². The van der Waals surface area contributed by atoms with Crippen LogP contribution < -0.4 is 0 Å². The molecule has 0 spiro atoms. The molecule has 1 N–H and O–H groups in total. The van der Waals surface area contributed by atoms with E-state index in [-0.39, 0.29) is 6.10 Å². The van der Waals surface area contributed by atoms with Crippen LogP contribution in [0, 0.1) is 0 Å². The predicted molar refractivity (Wildman–Crippen MR) is 72.0 cm³/mol. The van der Waals surface area contributed by atoms with Crippen molar-refractivity contribution in [3.63, 3.8) is 0 Å². The highest BCUT2D eigenvalue weighted by Gasteiger charge is 2.04. The average Bonchev–Trinajstić information content (AvgIpc) is 2.79. The standard InChI is InChI=1S/C14H24OS/c1-2-3-4-5-6-8-13(15)10-11-14-9-7-12-16-14/h7,9,12-13,15H,2-6,8,10-11H2,1H3. The number of aliphatic hydroxyl groups is 1. The fourth-order valence-corrected chi connectivity index (χ4v) is 2.62. The number of rotatable bonds is 9. The molecule has 1 aromatic rings. The van der Waals surface area contributed by atoms with Crippen LogP contribution in [0.5, 0.6) is 0 Å². The number of hydrogen-bond acceptors (Lipinski definition) is 2. The van der Waals surface area contributed by atoms with Crippen molar-refractivity contribution in [2.75, 3.05) is 0 Å². The molecule has 1 atom stereocenters. The van der Waals surface area contributed by atoms with E-state index >= 15 is 0 Å². The second-order valence-corrected chi connectivity index (χ2v) is 5.51. The Morgan fingerprint density at radius 1 is 1.19 bits per heavy atom. The first-order valence-electron chi connectivity index (χ1n) is 6.53. The summed E-state index contributed by atoms with van der Waals surface area (Å²) < 4.78 is 0. The third-order valence-electron chi connectivity index (χ3n) is 2.94. The SMILES string of the molecule is CCCCCCCC(O)CCc1cccs1. The third kappa shape index (κ3) is 6.29. The summed E-state index contributed by atoms with van der Waals surface area (Å²) in [5.74, 6) is 0.